The number of nitrogens with zero attached hydrogens (tertiary/aromatic N) is 1. The number of benzene rings is 1. The molecular formula is C21H32ClN3O2. The third-order valence-corrected chi connectivity index (χ3v) is 6.01. The second kappa shape index (κ2) is 10.1. The Morgan fingerprint density at radius 1 is 1.11 bits per heavy atom. The maximum Gasteiger partial charge on any atom is 0.222 e. The van der Waals surface area contributed by atoms with Gasteiger partial charge in [-0.3, -0.25) is 9.59 Å². The van der Waals surface area contributed by atoms with E-state index in [-0.39, 0.29) is 29.6 Å². The normalized spacial score (nSPS) is 18.9. The van der Waals surface area contributed by atoms with E-state index in [9.17, 15) is 9.59 Å². The summed E-state index contributed by atoms with van der Waals surface area (Å²) in [5, 5.41) is 3.08. The summed E-state index contributed by atoms with van der Waals surface area (Å²) in [5.74, 6) is 0.315. The quantitative estimate of drug-likeness (QED) is 0.747. The summed E-state index contributed by atoms with van der Waals surface area (Å²) in [7, 11) is 0. The zero-order valence-electron chi connectivity index (χ0n) is 16.0. The van der Waals surface area contributed by atoms with Gasteiger partial charge in [0.05, 0.1) is 0 Å². The van der Waals surface area contributed by atoms with E-state index in [2.05, 4.69) is 11.4 Å². The molecule has 27 heavy (non-hydrogen) atoms. The van der Waals surface area contributed by atoms with Gasteiger partial charge in [-0.25, -0.2) is 0 Å². The van der Waals surface area contributed by atoms with Crippen LogP contribution in [0, 0.1) is 5.41 Å². The molecule has 1 saturated carbocycles. The van der Waals surface area contributed by atoms with Gasteiger partial charge in [0.15, 0.2) is 0 Å². The Kier molecular flexibility index (Phi) is 8.11. The van der Waals surface area contributed by atoms with Gasteiger partial charge in [-0.2, -0.15) is 0 Å². The number of hydrogen-bond donors (Lipinski definition) is 2. The fourth-order valence-electron chi connectivity index (χ4n) is 4.31. The van der Waals surface area contributed by atoms with Gasteiger partial charge in [-0.1, -0.05) is 43.5 Å². The molecule has 0 unspecified atom stereocenters. The molecule has 0 spiro atoms. The van der Waals surface area contributed by atoms with Gasteiger partial charge < -0.3 is 16.0 Å². The monoisotopic (exact) mass is 393 g/mol. The lowest BCUT2D eigenvalue weighted by Gasteiger charge is -2.35. The Bertz CT molecular complexity index is 644. The highest BCUT2D eigenvalue weighted by molar-refractivity contribution is 5.85. The van der Waals surface area contributed by atoms with Crippen LogP contribution in [0.25, 0.3) is 0 Å². The first kappa shape index (κ1) is 21.7. The summed E-state index contributed by atoms with van der Waals surface area (Å²) in [5.41, 5.74) is 8.20. The highest BCUT2D eigenvalue weighted by Crippen LogP contribution is 2.38. The minimum absolute atomic E-state index is 0. The number of halogens is 1. The molecule has 0 atom stereocenters. The summed E-state index contributed by atoms with van der Waals surface area (Å²) in [4.78, 5) is 26.3. The molecule has 0 radical (unpaired) electrons. The summed E-state index contributed by atoms with van der Waals surface area (Å²) in [6, 6.07) is 8.07. The van der Waals surface area contributed by atoms with Crippen LogP contribution in [0.1, 0.15) is 62.5 Å². The molecule has 150 valence electrons. The highest BCUT2D eigenvalue weighted by Gasteiger charge is 2.32. The van der Waals surface area contributed by atoms with Crippen molar-refractivity contribution in [2.75, 3.05) is 13.1 Å². The van der Waals surface area contributed by atoms with Crippen LogP contribution in [0.5, 0.6) is 0 Å². The molecule has 1 aliphatic heterocycles. The zero-order valence-corrected chi connectivity index (χ0v) is 16.9. The third kappa shape index (κ3) is 5.69. The van der Waals surface area contributed by atoms with Crippen molar-refractivity contribution in [3.63, 3.8) is 0 Å². The Balaban J connectivity index is 0.00000261. The predicted molar refractivity (Wildman–Crippen MR) is 109 cm³/mol. The molecule has 1 aliphatic carbocycles. The molecule has 3 rings (SSSR count). The van der Waals surface area contributed by atoms with E-state index in [0.29, 0.717) is 32.5 Å². The molecule has 3 N–H and O–H groups in total. The fourth-order valence-corrected chi connectivity index (χ4v) is 4.31. The van der Waals surface area contributed by atoms with Crippen molar-refractivity contribution in [1.82, 2.24) is 10.2 Å². The van der Waals surface area contributed by atoms with Gasteiger partial charge in [-0.15, -0.1) is 12.4 Å². The lowest BCUT2D eigenvalue weighted by atomic mass is 9.71. The number of nitrogens with two attached hydrogens (primary N) is 1. The molecule has 2 fully saturated rings. The summed E-state index contributed by atoms with van der Waals surface area (Å²) < 4.78 is 0. The van der Waals surface area contributed by atoms with Crippen molar-refractivity contribution < 1.29 is 9.59 Å². The molecule has 1 aromatic carbocycles. The van der Waals surface area contributed by atoms with Gasteiger partial charge in [0.1, 0.15) is 0 Å². The van der Waals surface area contributed by atoms with Crippen LogP contribution in [0.4, 0.5) is 0 Å². The summed E-state index contributed by atoms with van der Waals surface area (Å²) in [6.07, 6.45) is 7.85. The van der Waals surface area contributed by atoms with Gasteiger partial charge in [0.2, 0.25) is 11.8 Å². The molecule has 6 heteroatoms. The zero-order chi connectivity index (χ0) is 18.4. The molecule has 5 nitrogen and oxygen atoms in total. The Labute approximate surface area is 168 Å². The van der Waals surface area contributed by atoms with Gasteiger partial charge >= 0.3 is 0 Å². The number of rotatable bonds is 7. The smallest absolute Gasteiger partial charge is 0.222 e. The lowest BCUT2D eigenvalue weighted by Crippen LogP contribution is -2.38. The van der Waals surface area contributed by atoms with Crippen LogP contribution in [0.3, 0.4) is 0 Å². The number of likely N-dealkylation sites (tertiary alicyclic amines) is 1. The van der Waals surface area contributed by atoms with Crippen molar-refractivity contribution in [1.29, 1.82) is 0 Å². The average Bonchev–Trinajstić information content (AvgIpc) is 3.06. The third-order valence-electron chi connectivity index (χ3n) is 6.01. The molecule has 1 aromatic rings. The second-order valence-electron chi connectivity index (χ2n) is 7.91. The Hall–Kier alpha value is -1.59. The van der Waals surface area contributed by atoms with Gasteiger partial charge in [0.25, 0.3) is 0 Å². The molecule has 2 amide bonds. The van der Waals surface area contributed by atoms with E-state index in [1.807, 2.05) is 23.1 Å². The van der Waals surface area contributed by atoms with E-state index in [1.54, 1.807) is 0 Å². The van der Waals surface area contributed by atoms with Crippen molar-refractivity contribution in [3.8, 4) is 0 Å². The minimum Gasteiger partial charge on any atom is -0.352 e. The maximum absolute atomic E-state index is 12.5. The van der Waals surface area contributed by atoms with Crippen LogP contribution in [0.2, 0.25) is 0 Å². The minimum atomic E-state index is -0.0101. The first-order chi connectivity index (χ1) is 12.6. The van der Waals surface area contributed by atoms with E-state index in [1.165, 1.54) is 19.3 Å². The largest absolute Gasteiger partial charge is 0.352 e. The lowest BCUT2D eigenvalue weighted by molar-refractivity contribution is -0.128. The Morgan fingerprint density at radius 2 is 1.81 bits per heavy atom. The topological polar surface area (TPSA) is 75.4 Å². The molecule has 0 aromatic heterocycles. The first-order valence-corrected chi connectivity index (χ1v) is 9.93. The molecule has 1 saturated heterocycles. The number of amides is 2. The van der Waals surface area contributed by atoms with Crippen LogP contribution in [-0.4, -0.2) is 29.8 Å². The van der Waals surface area contributed by atoms with Crippen LogP contribution in [0.15, 0.2) is 24.3 Å². The Morgan fingerprint density at radius 3 is 2.44 bits per heavy atom. The van der Waals surface area contributed by atoms with Crippen LogP contribution < -0.4 is 11.1 Å². The van der Waals surface area contributed by atoms with Crippen molar-refractivity contribution >= 4 is 24.2 Å². The van der Waals surface area contributed by atoms with Crippen LogP contribution in [-0.2, 0) is 22.7 Å². The van der Waals surface area contributed by atoms with E-state index in [0.717, 1.165) is 36.9 Å². The van der Waals surface area contributed by atoms with Crippen LogP contribution >= 0.6 is 12.4 Å². The number of carbonyl (C=O) groups excluding carboxylic acids is 2. The van der Waals surface area contributed by atoms with E-state index in [4.69, 9.17) is 5.73 Å². The highest BCUT2D eigenvalue weighted by atomic mass is 35.5. The van der Waals surface area contributed by atoms with Crippen molar-refractivity contribution in [2.24, 2.45) is 11.1 Å². The molecule has 1 heterocycles. The van der Waals surface area contributed by atoms with Crippen molar-refractivity contribution in [3.05, 3.63) is 35.4 Å². The summed E-state index contributed by atoms with van der Waals surface area (Å²) in [6.45, 7) is 2.57. The number of hydrogen-bond acceptors (Lipinski definition) is 3. The number of carbonyl (C=O) groups is 2. The number of nitrogens with one attached hydrogen (secondary N) is 1. The maximum atomic E-state index is 12.5. The molecule has 2 aliphatic rings. The average molecular weight is 394 g/mol. The molecular weight excluding hydrogens is 362 g/mol. The predicted octanol–water partition coefficient (Wildman–Crippen LogP) is 3.15. The van der Waals surface area contributed by atoms with Gasteiger partial charge in [0, 0.05) is 32.5 Å². The summed E-state index contributed by atoms with van der Waals surface area (Å²) >= 11 is 0. The standard InChI is InChI=1S/C21H31N3O2.ClH/c22-16-21(10-4-1-5-11-21)13-19(25)23-14-17-7-2-3-8-18(17)15-24-12-6-9-20(24)26;/h2-3,7-8H,1,4-6,9-16,22H2,(H,23,25);1H. The fraction of sp³-hybridized carbons (Fsp3) is 0.619. The second-order valence-corrected chi connectivity index (χ2v) is 7.91. The van der Waals surface area contributed by atoms with Crippen molar-refractivity contribution in [2.45, 2.75) is 64.5 Å². The van der Waals surface area contributed by atoms with E-state index < -0.39 is 0 Å². The first-order valence-electron chi connectivity index (χ1n) is 9.93. The molecule has 0 bridgehead atoms. The van der Waals surface area contributed by atoms with Gasteiger partial charge in [-0.05, 0) is 42.3 Å². The van der Waals surface area contributed by atoms with E-state index >= 15 is 0 Å². The SMILES string of the molecule is Cl.NCC1(CC(=O)NCc2ccccc2CN2CCCC2=O)CCCCC1.